The van der Waals surface area contributed by atoms with Gasteiger partial charge >= 0.3 is 0 Å². The second-order valence-corrected chi connectivity index (χ2v) is 7.98. The summed E-state index contributed by atoms with van der Waals surface area (Å²) in [7, 11) is 1.91. The standard InChI is InChI=1S/C22H37N5.HI/c1-4-25-14-16-26(17-15-25)13-11-24-22(23-3)27-12-10-21(19(2)18-27)20-8-6-5-7-9-20;/h5-9,19,21H,4,10-18H2,1-3H3,(H,23,24);1H. The minimum absolute atomic E-state index is 0. The molecule has 2 atom stereocenters. The summed E-state index contributed by atoms with van der Waals surface area (Å²) < 4.78 is 0. The quantitative estimate of drug-likeness (QED) is 0.384. The van der Waals surface area contributed by atoms with E-state index in [-0.39, 0.29) is 24.0 Å². The molecule has 3 rings (SSSR count). The summed E-state index contributed by atoms with van der Waals surface area (Å²) >= 11 is 0. The molecule has 5 nitrogen and oxygen atoms in total. The number of piperidine rings is 1. The third kappa shape index (κ3) is 6.32. The molecule has 2 heterocycles. The van der Waals surface area contributed by atoms with Crippen LogP contribution in [0.2, 0.25) is 0 Å². The number of halogens is 1. The Morgan fingerprint density at radius 3 is 2.36 bits per heavy atom. The molecular weight excluding hydrogens is 461 g/mol. The Kier molecular flexibility index (Phi) is 10.0. The SMILES string of the molecule is CCN1CCN(CCNC(=NC)N2CCC(c3ccccc3)C(C)C2)CC1.I. The molecule has 1 aromatic carbocycles. The number of likely N-dealkylation sites (tertiary alicyclic amines) is 1. The van der Waals surface area contributed by atoms with Crippen molar-refractivity contribution in [2.75, 3.05) is 66.0 Å². The Hall–Kier alpha value is -0.860. The molecule has 1 N–H and O–H groups in total. The van der Waals surface area contributed by atoms with Gasteiger partial charge in [0.15, 0.2) is 5.96 Å². The molecule has 2 aliphatic rings. The van der Waals surface area contributed by atoms with Crippen LogP contribution in [0.5, 0.6) is 0 Å². The van der Waals surface area contributed by atoms with Crippen molar-refractivity contribution >= 4 is 29.9 Å². The summed E-state index contributed by atoms with van der Waals surface area (Å²) in [6.07, 6.45) is 1.20. The largest absolute Gasteiger partial charge is 0.355 e. The van der Waals surface area contributed by atoms with Gasteiger partial charge in [0.1, 0.15) is 0 Å². The lowest BCUT2D eigenvalue weighted by Crippen LogP contribution is -2.51. The van der Waals surface area contributed by atoms with Crippen LogP contribution >= 0.6 is 24.0 Å². The fraction of sp³-hybridized carbons (Fsp3) is 0.682. The third-order valence-electron chi connectivity index (χ3n) is 6.27. The molecule has 0 saturated carbocycles. The van der Waals surface area contributed by atoms with Crippen molar-refractivity contribution < 1.29 is 0 Å². The van der Waals surface area contributed by atoms with E-state index < -0.39 is 0 Å². The van der Waals surface area contributed by atoms with Crippen LogP contribution in [0.1, 0.15) is 31.7 Å². The molecule has 2 fully saturated rings. The van der Waals surface area contributed by atoms with Gasteiger partial charge in [-0.15, -0.1) is 24.0 Å². The number of nitrogens with one attached hydrogen (secondary N) is 1. The second-order valence-electron chi connectivity index (χ2n) is 7.98. The van der Waals surface area contributed by atoms with Crippen LogP contribution in [0.25, 0.3) is 0 Å². The van der Waals surface area contributed by atoms with Crippen molar-refractivity contribution in [2.24, 2.45) is 10.9 Å². The van der Waals surface area contributed by atoms with E-state index in [1.54, 1.807) is 0 Å². The molecule has 0 bridgehead atoms. The van der Waals surface area contributed by atoms with Crippen LogP contribution in [0.3, 0.4) is 0 Å². The fourth-order valence-corrected chi connectivity index (χ4v) is 4.52. The zero-order chi connectivity index (χ0) is 19.1. The van der Waals surface area contributed by atoms with Crippen LogP contribution in [0.4, 0.5) is 0 Å². The minimum atomic E-state index is 0. The third-order valence-corrected chi connectivity index (χ3v) is 6.27. The Morgan fingerprint density at radius 1 is 1.07 bits per heavy atom. The first kappa shape index (κ1) is 23.4. The van der Waals surface area contributed by atoms with E-state index >= 15 is 0 Å². The van der Waals surface area contributed by atoms with Gasteiger partial charge in [-0.3, -0.25) is 9.89 Å². The number of aliphatic imine (C=N–C) groups is 1. The topological polar surface area (TPSA) is 34.1 Å². The van der Waals surface area contributed by atoms with Crippen molar-refractivity contribution in [2.45, 2.75) is 26.2 Å². The van der Waals surface area contributed by atoms with Crippen molar-refractivity contribution in [1.82, 2.24) is 20.0 Å². The molecule has 0 spiro atoms. The predicted molar refractivity (Wildman–Crippen MR) is 130 cm³/mol. The van der Waals surface area contributed by atoms with Crippen LogP contribution in [-0.2, 0) is 0 Å². The molecule has 28 heavy (non-hydrogen) atoms. The number of guanidine groups is 1. The molecule has 2 unspecified atom stereocenters. The Morgan fingerprint density at radius 2 is 1.75 bits per heavy atom. The summed E-state index contributed by atoms with van der Waals surface area (Å²) in [5.74, 6) is 2.37. The summed E-state index contributed by atoms with van der Waals surface area (Å²) in [6, 6.07) is 11.0. The maximum atomic E-state index is 4.56. The van der Waals surface area contributed by atoms with Crippen molar-refractivity contribution in [3.8, 4) is 0 Å². The average molecular weight is 499 g/mol. The van der Waals surface area contributed by atoms with Gasteiger partial charge in [-0.2, -0.15) is 0 Å². The summed E-state index contributed by atoms with van der Waals surface area (Å²) in [5.41, 5.74) is 1.49. The molecule has 0 aromatic heterocycles. The van der Waals surface area contributed by atoms with E-state index in [0.29, 0.717) is 11.8 Å². The number of benzene rings is 1. The number of likely N-dealkylation sites (N-methyl/N-ethyl adjacent to an activating group) is 1. The van der Waals surface area contributed by atoms with Gasteiger partial charge in [0.05, 0.1) is 0 Å². The van der Waals surface area contributed by atoms with E-state index in [2.05, 4.69) is 69.2 Å². The molecular formula is C22H38IN5. The number of rotatable bonds is 5. The van der Waals surface area contributed by atoms with E-state index in [1.807, 2.05) is 7.05 Å². The number of hydrogen-bond donors (Lipinski definition) is 1. The summed E-state index contributed by atoms with van der Waals surface area (Å²) in [4.78, 5) is 12.1. The van der Waals surface area contributed by atoms with Crippen molar-refractivity contribution in [3.05, 3.63) is 35.9 Å². The van der Waals surface area contributed by atoms with E-state index in [9.17, 15) is 0 Å². The highest BCUT2D eigenvalue weighted by Gasteiger charge is 2.28. The summed E-state index contributed by atoms with van der Waals surface area (Å²) in [6.45, 7) is 14.8. The van der Waals surface area contributed by atoms with Crippen LogP contribution in [-0.4, -0.2) is 86.6 Å². The Balaban J connectivity index is 0.00000280. The van der Waals surface area contributed by atoms with Crippen molar-refractivity contribution in [1.29, 1.82) is 0 Å². The predicted octanol–water partition coefficient (Wildman–Crippen LogP) is 2.94. The molecule has 0 aliphatic carbocycles. The maximum absolute atomic E-state index is 4.56. The average Bonchev–Trinajstić information content (AvgIpc) is 2.72. The number of nitrogens with zero attached hydrogens (tertiary/aromatic N) is 4. The normalized spacial score (nSPS) is 24.7. The van der Waals surface area contributed by atoms with Gasteiger partial charge in [-0.1, -0.05) is 44.2 Å². The molecule has 0 radical (unpaired) electrons. The van der Waals surface area contributed by atoms with Crippen LogP contribution in [0, 0.1) is 5.92 Å². The maximum Gasteiger partial charge on any atom is 0.193 e. The molecule has 2 saturated heterocycles. The molecule has 158 valence electrons. The first-order chi connectivity index (χ1) is 13.2. The van der Waals surface area contributed by atoms with Crippen LogP contribution < -0.4 is 5.32 Å². The molecule has 6 heteroatoms. The van der Waals surface area contributed by atoms with E-state index in [0.717, 1.165) is 32.1 Å². The zero-order valence-corrected chi connectivity index (χ0v) is 20.1. The van der Waals surface area contributed by atoms with Gasteiger partial charge in [0, 0.05) is 59.4 Å². The smallest absolute Gasteiger partial charge is 0.193 e. The first-order valence-corrected chi connectivity index (χ1v) is 10.7. The lowest BCUT2D eigenvalue weighted by atomic mass is 9.82. The van der Waals surface area contributed by atoms with Gasteiger partial charge in [-0.25, -0.2) is 0 Å². The highest BCUT2D eigenvalue weighted by molar-refractivity contribution is 14.0. The van der Waals surface area contributed by atoms with Gasteiger partial charge < -0.3 is 15.1 Å². The Bertz CT molecular complexity index is 586. The lowest BCUT2D eigenvalue weighted by molar-refractivity contribution is 0.138. The van der Waals surface area contributed by atoms with Crippen LogP contribution in [0.15, 0.2) is 35.3 Å². The highest BCUT2D eigenvalue weighted by Crippen LogP contribution is 2.32. The summed E-state index contributed by atoms with van der Waals surface area (Å²) in [5, 5.41) is 3.61. The van der Waals surface area contributed by atoms with Crippen molar-refractivity contribution in [3.63, 3.8) is 0 Å². The first-order valence-electron chi connectivity index (χ1n) is 10.7. The lowest BCUT2D eigenvalue weighted by Gasteiger charge is -2.39. The van der Waals surface area contributed by atoms with Gasteiger partial charge in [0.2, 0.25) is 0 Å². The Labute approximate surface area is 188 Å². The van der Waals surface area contributed by atoms with E-state index in [1.165, 1.54) is 44.7 Å². The minimum Gasteiger partial charge on any atom is -0.355 e. The fourth-order valence-electron chi connectivity index (χ4n) is 4.52. The van der Waals surface area contributed by atoms with Gasteiger partial charge in [0.25, 0.3) is 0 Å². The zero-order valence-electron chi connectivity index (χ0n) is 17.8. The molecule has 0 amide bonds. The second kappa shape index (κ2) is 12.0. The highest BCUT2D eigenvalue weighted by atomic mass is 127. The van der Waals surface area contributed by atoms with Gasteiger partial charge in [-0.05, 0) is 30.4 Å². The van der Waals surface area contributed by atoms with E-state index in [4.69, 9.17) is 0 Å². The molecule has 2 aliphatic heterocycles. The monoisotopic (exact) mass is 499 g/mol. The number of hydrogen-bond acceptors (Lipinski definition) is 3. The number of piperazine rings is 1. The molecule has 1 aromatic rings.